The van der Waals surface area contributed by atoms with Crippen molar-refractivity contribution in [2.75, 3.05) is 26.7 Å². The Kier molecular flexibility index (Phi) is 7.42. The van der Waals surface area contributed by atoms with E-state index in [1.807, 2.05) is 37.4 Å². The SMILES string of the molecule is CCC(C)CN(CC)CCC(C#N)(NC)c1ccccc1. The van der Waals surface area contributed by atoms with Crippen molar-refractivity contribution >= 4 is 0 Å². The monoisotopic (exact) mass is 287 g/mol. The van der Waals surface area contributed by atoms with E-state index in [0.717, 1.165) is 31.6 Å². The quantitative estimate of drug-likeness (QED) is 0.757. The highest BCUT2D eigenvalue weighted by atomic mass is 15.1. The van der Waals surface area contributed by atoms with Gasteiger partial charge in [0.25, 0.3) is 0 Å². The van der Waals surface area contributed by atoms with Crippen LogP contribution in [0.2, 0.25) is 0 Å². The molecule has 0 amide bonds. The van der Waals surface area contributed by atoms with Crippen LogP contribution in [-0.4, -0.2) is 31.6 Å². The van der Waals surface area contributed by atoms with E-state index in [1.165, 1.54) is 6.42 Å². The van der Waals surface area contributed by atoms with E-state index < -0.39 is 5.54 Å². The van der Waals surface area contributed by atoms with Crippen molar-refractivity contribution in [3.8, 4) is 6.07 Å². The summed E-state index contributed by atoms with van der Waals surface area (Å²) < 4.78 is 0. The molecule has 1 rings (SSSR count). The van der Waals surface area contributed by atoms with Crippen LogP contribution in [-0.2, 0) is 5.54 Å². The smallest absolute Gasteiger partial charge is 0.133 e. The molecule has 0 fully saturated rings. The molecule has 0 saturated heterocycles. The van der Waals surface area contributed by atoms with Gasteiger partial charge in [0.2, 0.25) is 0 Å². The lowest BCUT2D eigenvalue weighted by Crippen LogP contribution is -2.42. The van der Waals surface area contributed by atoms with Crippen molar-refractivity contribution in [1.29, 1.82) is 5.26 Å². The van der Waals surface area contributed by atoms with Crippen molar-refractivity contribution in [1.82, 2.24) is 10.2 Å². The molecule has 21 heavy (non-hydrogen) atoms. The van der Waals surface area contributed by atoms with Crippen LogP contribution in [0.1, 0.15) is 39.2 Å². The third-order valence-corrected chi connectivity index (χ3v) is 4.40. The number of hydrogen-bond donors (Lipinski definition) is 1. The zero-order valence-corrected chi connectivity index (χ0v) is 13.9. The predicted molar refractivity (Wildman–Crippen MR) is 89.0 cm³/mol. The van der Waals surface area contributed by atoms with Gasteiger partial charge in [-0.2, -0.15) is 5.26 Å². The minimum absolute atomic E-state index is 0.593. The number of benzene rings is 1. The van der Waals surface area contributed by atoms with Crippen molar-refractivity contribution in [2.24, 2.45) is 5.92 Å². The third-order valence-electron chi connectivity index (χ3n) is 4.40. The summed E-state index contributed by atoms with van der Waals surface area (Å²) in [7, 11) is 1.88. The summed E-state index contributed by atoms with van der Waals surface area (Å²) in [4.78, 5) is 2.44. The van der Waals surface area contributed by atoms with Gasteiger partial charge in [-0.3, -0.25) is 5.32 Å². The average Bonchev–Trinajstić information content (AvgIpc) is 2.55. The number of rotatable bonds is 9. The van der Waals surface area contributed by atoms with Gasteiger partial charge in [-0.1, -0.05) is 57.5 Å². The van der Waals surface area contributed by atoms with Crippen molar-refractivity contribution in [3.63, 3.8) is 0 Å². The van der Waals surface area contributed by atoms with Crippen molar-refractivity contribution in [3.05, 3.63) is 35.9 Å². The first kappa shape index (κ1) is 17.7. The zero-order chi connectivity index (χ0) is 15.7. The molecule has 0 aliphatic heterocycles. The molecule has 3 heteroatoms. The lowest BCUT2D eigenvalue weighted by atomic mass is 9.88. The summed E-state index contributed by atoms with van der Waals surface area (Å²) in [6.45, 7) is 9.78. The Balaban J connectivity index is 2.78. The maximum atomic E-state index is 9.71. The Bertz CT molecular complexity index is 438. The van der Waals surface area contributed by atoms with Gasteiger partial charge in [-0.15, -0.1) is 0 Å². The van der Waals surface area contributed by atoms with Gasteiger partial charge in [-0.05, 0) is 31.5 Å². The highest BCUT2D eigenvalue weighted by Crippen LogP contribution is 2.24. The topological polar surface area (TPSA) is 39.1 Å². The van der Waals surface area contributed by atoms with E-state index in [-0.39, 0.29) is 0 Å². The van der Waals surface area contributed by atoms with Crippen LogP contribution in [0.15, 0.2) is 30.3 Å². The Hall–Kier alpha value is -1.37. The molecule has 0 heterocycles. The first-order valence-corrected chi connectivity index (χ1v) is 7.99. The number of nitriles is 1. The lowest BCUT2D eigenvalue weighted by molar-refractivity contribution is 0.222. The standard InChI is InChI=1S/C18H29N3/c1-5-16(3)14-21(6-2)13-12-18(15-19,20-4)17-10-8-7-9-11-17/h7-11,16,20H,5-6,12-14H2,1-4H3. The summed E-state index contributed by atoms with van der Waals surface area (Å²) in [5.74, 6) is 0.702. The largest absolute Gasteiger partial charge is 0.303 e. The van der Waals surface area contributed by atoms with Gasteiger partial charge >= 0.3 is 0 Å². The summed E-state index contributed by atoms with van der Waals surface area (Å²) >= 11 is 0. The van der Waals surface area contributed by atoms with E-state index in [1.54, 1.807) is 0 Å². The Morgan fingerprint density at radius 2 is 1.95 bits per heavy atom. The lowest BCUT2D eigenvalue weighted by Gasteiger charge is -2.31. The molecular weight excluding hydrogens is 258 g/mol. The minimum atomic E-state index is -0.593. The fraction of sp³-hybridized carbons (Fsp3) is 0.611. The molecule has 1 aromatic carbocycles. The van der Waals surface area contributed by atoms with E-state index in [4.69, 9.17) is 0 Å². The number of nitrogens with zero attached hydrogens (tertiary/aromatic N) is 2. The minimum Gasteiger partial charge on any atom is -0.303 e. The van der Waals surface area contributed by atoms with Gasteiger partial charge < -0.3 is 4.90 Å². The molecule has 1 aromatic rings. The van der Waals surface area contributed by atoms with Gasteiger partial charge in [0.1, 0.15) is 5.54 Å². The normalized spacial score (nSPS) is 15.4. The maximum Gasteiger partial charge on any atom is 0.133 e. The van der Waals surface area contributed by atoms with Crippen LogP contribution in [0, 0.1) is 17.2 Å². The Morgan fingerprint density at radius 1 is 1.29 bits per heavy atom. The molecule has 0 radical (unpaired) electrons. The van der Waals surface area contributed by atoms with Crippen LogP contribution < -0.4 is 5.32 Å². The second-order valence-electron chi connectivity index (χ2n) is 5.79. The van der Waals surface area contributed by atoms with Gasteiger partial charge in [0, 0.05) is 13.1 Å². The predicted octanol–water partition coefficient (Wildman–Crippen LogP) is 3.38. The molecule has 2 unspecified atom stereocenters. The number of nitrogens with one attached hydrogen (secondary N) is 1. The molecule has 0 aliphatic rings. The van der Waals surface area contributed by atoms with Gasteiger partial charge in [0.05, 0.1) is 6.07 Å². The first-order valence-electron chi connectivity index (χ1n) is 7.99. The average molecular weight is 287 g/mol. The molecule has 0 saturated carbocycles. The van der Waals surface area contributed by atoms with Crippen molar-refractivity contribution in [2.45, 2.75) is 39.2 Å². The van der Waals surface area contributed by atoms with E-state index in [9.17, 15) is 5.26 Å². The molecule has 0 aromatic heterocycles. The molecule has 116 valence electrons. The molecule has 0 bridgehead atoms. The molecule has 1 N–H and O–H groups in total. The fourth-order valence-corrected chi connectivity index (χ4v) is 2.59. The first-order chi connectivity index (χ1) is 10.1. The molecule has 0 aliphatic carbocycles. The van der Waals surface area contributed by atoms with Crippen LogP contribution >= 0.6 is 0 Å². The summed E-state index contributed by atoms with van der Waals surface area (Å²) in [5, 5.41) is 13.0. The zero-order valence-electron chi connectivity index (χ0n) is 13.9. The molecule has 0 spiro atoms. The van der Waals surface area contributed by atoms with Gasteiger partial charge in [0.15, 0.2) is 0 Å². The van der Waals surface area contributed by atoms with Crippen LogP contribution in [0.25, 0.3) is 0 Å². The Labute approximate surface area is 130 Å². The third kappa shape index (κ3) is 4.84. The molecular formula is C18H29N3. The molecule has 2 atom stereocenters. The van der Waals surface area contributed by atoms with Crippen LogP contribution in [0.3, 0.4) is 0 Å². The highest BCUT2D eigenvalue weighted by molar-refractivity contribution is 5.31. The van der Waals surface area contributed by atoms with E-state index >= 15 is 0 Å². The number of hydrogen-bond acceptors (Lipinski definition) is 3. The second-order valence-corrected chi connectivity index (χ2v) is 5.79. The summed E-state index contributed by atoms with van der Waals surface area (Å²) in [6, 6.07) is 12.5. The Morgan fingerprint density at radius 3 is 2.43 bits per heavy atom. The van der Waals surface area contributed by atoms with Gasteiger partial charge in [-0.25, -0.2) is 0 Å². The fourth-order valence-electron chi connectivity index (χ4n) is 2.59. The summed E-state index contributed by atoms with van der Waals surface area (Å²) in [5.41, 5.74) is 0.457. The van der Waals surface area contributed by atoms with Crippen LogP contribution in [0.5, 0.6) is 0 Å². The van der Waals surface area contributed by atoms with E-state index in [2.05, 4.69) is 37.1 Å². The highest BCUT2D eigenvalue weighted by Gasteiger charge is 2.30. The van der Waals surface area contributed by atoms with Crippen molar-refractivity contribution < 1.29 is 0 Å². The second kappa shape index (κ2) is 8.81. The maximum absolute atomic E-state index is 9.71. The summed E-state index contributed by atoms with van der Waals surface area (Å²) in [6.07, 6.45) is 2.00. The molecule has 3 nitrogen and oxygen atoms in total. The van der Waals surface area contributed by atoms with Crippen LogP contribution in [0.4, 0.5) is 0 Å². The van der Waals surface area contributed by atoms with E-state index in [0.29, 0.717) is 5.92 Å².